The summed E-state index contributed by atoms with van der Waals surface area (Å²) in [5.41, 5.74) is 2.12. The lowest BCUT2D eigenvalue weighted by Crippen LogP contribution is -2.29. The highest BCUT2D eigenvalue weighted by Gasteiger charge is 2.26. The van der Waals surface area contributed by atoms with E-state index in [1.165, 1.54) is 25.0 Å². The minimum atomic E-state index is 0.218. The van der Waals surface area contributed by atoms with Crippen molar-refractivity contribution in [3.05, 3.63) is 29.3 Å². The molecule has 1 aliphatic carbocycles. The second kappa shape index (κ2) is 6.67. The molecule has 1 aromatic carbocycles. The summed E-state index contributed by atoms with van der Waals surface area (Å²) in [6.07, 6.45) is 3.84. The first-order valence-electron chi connectivity index (χ1n) is 7.27. The third kappa shape index (κ3) is 3.90. The van der Waals surface area contributed by atoms with Gasteiger partial charge in [-0.3, -0.25) is 0 Å². The molecule has 1 saturated carbocycles. The maximum absolute atomic E-state index is 10.0. The van der Waals surface area contributed by atoms with Crippen LogP contribution in [-0.2, 0) is 0 Å². The van der Waals surface area contributed by atoms with E-state index >= 15 is 0 Å². The van der Waals surface area contributed by atoms with Crippen molar-refractivity contribution in [2.75, 3.05) is 5.75 Å². The number of thioether (sulfide) groups is 1. The number of benzene rings is 1. The van der Waals surface area contributed by atoms with Crippen LogP contribution >= 0.6 is 11.8 Å². The summed E-state index contributed by atoms with van der Waals surface area (Å²) in [5, 5.41) is 14.5. The third-order valence-corrected chi connectivity index (χ3v) is 5.16. The maximum atomic E-state index is 10.0. The van der Waals surface area contributed by atoms with Gasteiger partial charge < -0.3 is 10.4 Å². The number of nitrogens with one attached hydrogen (secondary N) is 1. The molecular formula is C16H25NOS. The minimum absolute atomic E-state index is 0.218. The molecule has 19 heavy (non-hydrogen) atoms. The molecule has 0 aliphatic heterocycles. The summed E-state index contributed by atoms with van der Waals surface area (Å²) in [6, 6.07) is 6.76. The van der Waals surface area contributed by atoms with Crippen LogP contribution in [0.4, 0.5) is 0 Å². The number of hydrogen-bond donors (Lipinski definition) is 2. The van der Waals surface area contributed by atoms with E-state index in [4.69, 9.17) is 0 Å². The lowest BCUT2D eigenvalue weighted by Gasteiger charge is -2.21. The van der Waals surface area contributed by atoms with Crippen LogP contribution in [0, 0.1) is 6.92 Å². The van der Waals surface area contributed by atoms with E-state index < -0.39 is 0 Å². The first-order chi connectivity index (χ1) is 9.10. The van der Waals surface area contributed by atoms with Crippen LogP contribution in [-0.4, -0.2) is 22.2 Å². The molecule has 2 rings (SSSR count). The predicted molar refractivity (Wildman–Crippen MR) is 84.0 cm³/mol. The topological polar surface area (TPSA) is 32.3 Å². The van der Waals surface area contributed by atoms with Crippen molar-refractivity contribution in [1.29, 1.82) is 0 Å². The second-order valence-electron chi connectivity index (χ2n) is 5.54. The molecule has 0 heterocycles. The Hall–Kier alpha value is -0.670. The normalized spacial score (nSPS) is 24.6. The molecule has 0 amide bonds. The molecule has 106 valence electrons. The van der Waals surface area contributed by atoms with E-state index in [1.807, 2.05) is 19.1 Å². The van der Waals surface area contributed by atoms with Crippen LogP contribution in [0.2, 0.25) is 0 Å². The lowest BCUT2D eigenvalue weighted by atomic mass is 10.0. The van der Waals surface area contributed by atoms with Gasteiger partial charge in [-0.15, -0.1) is 0 Å². The van der Waals surface area contributed by atoms with E-state index in [9.17, 15) is 5.11 Å². The summed E-state index contributed by atoms with van der Waals surface area (Å²) in [4.78, 5) is 0. The molecule has 0 saturated heterocycles. The number of aryl methyl sites for hydroxylation is 1. The molecule has 1 aliphatic rings. The van der Waals surface area contributed by atoms with Gasteiger partial charge in [0.2, 0.25) is 0 Å². The number of aromatic hydroxyl groups is 1. The molecule has 3 unspecified atom stereocenters. The average Bonchev–Trinajstić information content (AvgIpc) is 2.76. The summed E-state index contributed by atoms with van der Waals surface area (Å²) in [5.74, 6) is 1.63. The van der Waals surface area contributed by atoms with Crippen LogP contribution in [0.1, 0.15) is 50.3 Å². The van der Waals surface area contributed by atoms with Crippen molar-refractivity contribution in [3.63, 3.8) is 0 Å². The van der Waals surface area contributed by atoms with Gasteiger partial charge in [0.25, 0.3) is 0 Å². The summed E-state index contributed by atoms with van der Waals surface area (Å²) in [6.45, 7) is 6.38. The lowest BCUT2D eigenvalue weighted by molar-refractivity contribution is 0.427. The summed E-state index contributed by atoms with van der Waals surface area (Å²) < 4.78 is 0. The highest BCUT2D eigenvalue weighted by Crippen LogP contribution is 2.32. The average molecular weight is 279 g/mol. The number of hydrogen-bond acceptors (Lipinski definition) is 3. The van der Waals surface area contributed by atoms with Gasteiger partial charge in [-0.05, 0) is 50.5 Å². The van der Waals surface area contributed by atoms with Gasteiger partial charge in [-0.25, -0.2) is 0 Å². The van der Waals surface area contributed by atoms with Crippen LogP contribution in [0.25, 0.3) is 0 Å². The predicted octanol–water partition coefficient (Wildman–Crippen LogP) is 4.03. The Labute approximate surface area is 121 Å². The molecule has 2 nitrogen and oxygen atoms in total. The monoisotopic (exact) mass is 279 g/mol. The van der Waals surface area contributed by atoms with Gasteiger partial charge in [0.15, 0.2) is 0 Å². The van der Waals surface area contributed by atoms with Crippen LogP contribution in [0.5, 0.6) is 5.75 Å². The molecule has 1 aromatic rings. The Balaban J connectivity index is 1.92. The van der Waals surface area contributed by atoms with Gasteiger partial charge in [-0.1, -0.05) is 19.1 Å². The molecule has 1 fully saturated rings. The van der Waals surface area contributed by atoms with Crippen molar-refractivity contribution >= 4 is 11.8 Å². The van der Waals surface area contributed by atoms with Crippen LogP contribution in [0.15, 0.2) is 18.2 Å². The summed E-state index contributed by atoms with van der Waals surface area (Å²) >= 11 is 2.08. The highest BCUT2D eigenvalue weighted by molar-refractivity contribution is 7.99. The fourth-order valence-corrected chi connectivity index (χ4v) is 4.08. The standard InChI is InChI=1S/C16H25NOS/c1-4-19-14-7-6-13(10-14)17-12(3)15-8-5-11(2)9-16(15)18/h5,8-9,12-14,17-18H,4,6-7,10H2,1-3H3. The van der Waals surface area contributed by atoms with E-state index in [1.54, 1.807) is 0 Å². The van der Waals surface area contributed by atoms with Crippen molar-refractivity contribution in [2.24, 2.45) is 0 Å². The van der Waals surface area contributed by atoms with Gasteiger partial charge >= 0.3 is 0 Å². The zero-order valence-corrected chi connectivity index (χ0v) is 13.0. The van der Waals surface area contributed by atoms with E-state index in [0.29, 0.717) is 11.8 Å². The van der Waals surface area contributed by atoms with Gasteiger partial charge in [0, 0.05) is 22.9 Å². The first kappa shape index (κ1) is 14.7. The number of rotatable bonds is 5. The molecular weight excluding hydrogens is 254 g/mol. The molecule has 0 bridgehead atoms. The number of phenols is 1. The Bertz CT molecular complexity index is 421. The van der Waals surface area contributed by atoms with E-state index in [2.05, 4.69) is 37.0 Å². The third-order valence-electron chi connectivity index (χ3n) is 3.93. The summed E-state index contributed by atoms with van der Waals surface area (Å²) in [7, 11) is 0. The van der Waals surface area contributed by atoms with Crippen LogP contribution < -0.4 is 5.32 Å². The maximum Gasteiger partial charge on any atom is 0.120 e. The Morgan fingerprint density at radius 3 is 2.89 bits per heavy atom. The van der Waals surface area contributed by atoms with E-state index in [0.717, 1.165) is 16.4 Å². The molecule has 0 spiro atoms. The van der Waals surface area contributed by atoms with Crippen LogP contribution in [0.3, 0.4) is 0 Å². The first-order valence-corrected chi connectivity index (χ1v) is 8.32. The largest absolute Gasteiger partial charge is 0.508 e. The van der Waals surface area contributed by atoms with Gasteiger partial charge in [0.05, 0.1) is 0 Å². The Morgan fingerprint density at radius 1 is 1.42 bits per heavy atom. The zero-order chi connectivity index (χ0) is 13.8. The molecule has 0 aromatic heterocycles. The minimum Gasteiger partial charge on any atom is -0.508 e. The fraction of sp³-hybridized carbons (Fsp3) is 0.625. The van der Waals surface area contributed by atoms with Gasteiger partial charge in [0.1, 0.15) is 5.75 Å². The van der Waals surface area contributed by atoms with Crippen molar-refractivity contribution in [2.45, 2.75) is 57.4 Å². The molecule has 3 atom stereocenters. The van der Waals surface area contributed by atoms with Crippen molar-refractivity contribution < 1.29 is 5.11 Å². The SMILES string of the molecule is CCSC1CCC(NC(C)c2ccc(C)cc2O)C1. The molecule has 3 heteroatoms. The highest BCUT2D eigenvalue weighted by atomic mass is 32.2. The molecule has 2 N–H and O–H groups in total. The van der Waals surface area contributed by atoms with Gasteiger partial charge in [-0.2, -0.15) is 11.8 Å². The van der Waals surface area contributed by atoms with Crippen molar-refractivity contribution in [3.8, 4) is 5.75 Å². The van der Waals surface area contributed by atoms with E-state index in [-0.39, 0.29) is 6.04 Å². The number of phenolic OH excluding ortho intramolecular Hbond substituents is 1. The smallest absolute Gasteiger partial charge is 0.120 e. The Morgan fingerprint density at radius 2 is 2.21 bits per heavy atom. The fourth-order valence-electron chi connectivity index (χ4n) is 2.94. The molecule has 0 radical (unpaired) electrons. The zero-order valence-electron chi connectivity index (χ0n) is 12.1. The Kier molecular flexibility index (Phi) is 5.17. The quantitative estimate of drug-likeness (QED) is 0.853. The van der Waals surface area contributed by atoms with Crippen molar-refractivity contribution in [1.82, 2.24) is 5.32 Å². The second-order valence-corrected chi connectivity index (χ2v) is 7.12.